The summed E-state index contributed by atoms with van der Waals surface area (Å²) in [6, 6.07) is 4.68. The zero-order valence-corrected chi connectivity index (χ0v) is 8.88. The van der Waals surface area contributed by atoms with Gasteiger partial charge in [-0.15, -0.1) is 0 Å². The van der Waals surface area contributed by atoms with Crippen LogP contribution in [-0.2, 0) is 6.18 Å². The highest BCUT2D eigenvalue weighted by Gasteiger charge is 2.30. The maximum absolute atomic E-state index is 12.3. The molecule has 1 aromatic heterocycles. The molecule has 0 unspecified atom stereocenters. The zero-order valence-electron chi connectivity index (χ0n) is 8.88. The van der Waals surface area contributed by atoms with Crippen LogP contribution < -0.4 is 4.74 Å². The van der Waals surface area contributed by atoms with Gasteiger partial charge in [-0.1, -0.05) is 0 Å². The zero-order chi connectivity index (χ0) is 12.5. The third-order valence-electron chi connectivity index (χ3n) is 2.08. The Labute approximate surface area is 95.3 Å². The number of halogens is 3. The van der Waals surface area contributed by atoms with E-state index in [1.165, 1.54) is 12.1 Å². The standard InChI is InChI=1S/C11H9F3N2O/c1-7-6-15-10(16-7)17-9-4-2-8(3-5-9)11(12,13)14/h2-6H,1H3,(H,15,16). The van der Waals surface area contributed by atoms with Crippen LogP contribution in [0, 0.1) is 6.92 Å². The minimum atomic E-state index is -4.33. The molecule has 0 saturated heterocycles. The lowest BCUT2D eigenvalue weighted by atomic mass is 10.2. The SMILES string of the molecule is Cc1cnc(Oc2ccc(C(F)(F)F)cc2)[nH]1. The molecule has 0 fully saturated rings. The van der Waals surface area contributed by atoms with Gasteiger partial charge >= 0.3 is 6.18 Å². The van der Waals surface area contributed by atoms with Gasteiger partial charge in [0.15, 0.2) is 0 Å². The fraction of sp³-hybridized carbons (Fsp3) is 0.182. The van der Waals surface area contributed by atoms with E-state index >= 15 is 0 Å². The van der Waals surface area contributed by atoms with Crippen LogP contribution in [0.1, 0.15) is 11.3 Å². The Bertz CT molecular complexity index is 502. The molecule has 0 aliphatic heterocycles. The van der Waals surface area contributed by atoms with Gasteiger partial charge < -0.3 is 9.72 Å². The molecule has 2 aromatic rings. The fourth-order valence-corrected chi connectivity index (χ4v) is 1.26. The van der Waals surface area contributed by atoms with Gasteiger partial charge in [-0.3, -0.25) is 0 Å². The number of aromatic nitrogens is 2. The first kappa shape index (κ1) is 11.5. The predicted octanol–water partition coefficient (Wildman–Crippen LogP) is 3.53. The first-order valence-electron chi connectivity index (χ1n) is 4.82. The Hall–Kier alpha value is -1.98. The second-order valence-electron chi connectivity index (χ2n) is 3.50. The van der Waals surface area contributed by atoms with Crippen molar-refractivity contribution in [3.8, 4) is 11.8 Å². The van der Waals surface area contributed by atoms with Crippen LogP contribution >= 0.6 is 0 Å². The van der Waals surface area contributed by atoms with Crippen molar-refractivity contribution in [1.82, 2.24) is 9.97 Å². The van der Waals surface area contributed by atoms with Crippen molar-refractivity contribution in [1.29, 1.82) is 0 Å². The number of hydrogen-bond donors (Lipinski definition) is 1. The summed E-state index contributed by atoms with van der Waals surface area (Å²) < 4.78 is 42.1. The molecule has 6 heteroatoms. The van der Waals surface area contributed by atoms with E-state index in [0.717, 1.165) is 17.8 Å². The third kappa shape index (κ3) is 2.77. The molecule has 0 saturated carbocycles. The van der Waals surface area contributed by atoms with Gasteiger partial charge in [-0.2, -0.15) is 13.2 Å². The number of benzene rings is 1. The van der Waals surface area contributed by atoms with Gasteiger partial charge in [0.05, 0.1) is 11.8 Å². The minimum Gasteiger partial charge on any atom is -0.426 e. The van der Waals surface area contributed by atoms with Crippen LogP contribution in [0.4, 0.5) is 13.2 Å². The lowest BCUT2D eigenvalue weighted by Gasteiger charge is -2.07. The molecule has 3 nitrogen and oxygen atoms in total. The summed E-state index contributed by atoms with van der Waals surface area (Å²) in [6.07, 6.45) is -2.76. The van der Waals surface area contributed by atoms with E-state index in [4.69, 9.17) is 4.74 Å². The van der Waals surface area contributed by atoms with Gasteiger partial charge in [0.2, 0.25) is 0 Å². The molecule has 2 rings (SSSR count). The number of nitrogens with one attached hydrogen (secondary N) is 1. The van der Waals surface area contributed by atoms with E-state index in [2.05, 4.69) is 9.97 Å². The van der Waals surface area contributed by atoms with Crippen molar-refractivity contribution in [2.45, 2.75) is 13.1 Å². The number of nitrogens with zero attached hydrogens (tertiary/aromatic N) is 1. The lowest BCUT2D eigenvalue weighted by molar-refractivity contribution is -0.137. The number of aryl methyl sites for hydroxylation is 1. The van der Waals surface area contributed by atoms with E-state index in [0.29, 0.717) is 5.75 Å². The summed E-state index contributed by atoms with van der Waals surface area (Å²) in [5, 5.41) is 0. The molecule has 0 spiro atoms. The average Bonchev–Trinajstić information content (AvgIpc) is 2.63. The number of hydrogen-bond acceptors (Lipinski definition) is 2. The molecular weight excluding hydrogens is 233 g/mol. The van der Waals surface area contributed by atoms with Gasteiger partial charge in [0, 0.05) is 5.69 Å². The third-order valence-corrected chi connectivity index (χ3v) is 2.08. The molecule has 0 radical (unpaired) electrons. The second kappa shape index (κ2) is 4.12. The van der Waals surface area contributed by atoms with Crippen molar-refractivity contribution in [3.63, 3.8) is 0 Å². The van der Waals surface area contributed by atoms with E-state index in [1.54, 1.807) is 13.1 Å². The van der Waals surface area contributed by atoms with Gasteiger partial charge in [-0.25, -0.2) is 4.98 Å². The largest absolute Gasteiger partial charge is 0.426 e. The van der Waals surface area contributed by atoms with Crippen LogP contribution in [0.2, 0.25) is 0 Å². The van der Waals surface area contributed by atoms with Crippen molar-refractivity contribution in [3.05, 3.63) is 41.7 Å². The summed E-state index contributed by atoms with van der Waals surface area (Å²) in [7, 11) is 0. The highest BCUT2D eigenvalue weighted by Crippen LogP contribution is 2.30. The van der Waals surface area contributed by atoms with Crippen LogP contribution in [0.15, 0.2) is 30.5 Å². The quantitative estimate of drug-likeness (QED) is 0.874. The molecule has 1 aromatic carbocycles. The smallest absolute Gasteiger partial charge is 0.416 e. The Kier molecular flexibility index (Phi) is 2.79. The number of H-pyrrole nitrogens is 1. The highest BCUT2D eigenvalue weighted by molar-refractivity contribution is 5.30. The van der Waals surface area contributed by atoms with Crippen molar-refractivity contribution in [2.24, 2.45) is 0 Å². The van der Waals surface area contributed by atoms with Gasteiger partial charge in [0.1, 0.15) is 5.75 Å². The Morgan fingerprint density at radius 1 is 1.18 bits per heavy atom. The molecular formula is C11H9F3N2O. The summed E-state index contributed by atoms with van der Waals surface area (Å²) in [5.74, 6) is 0.298. The average molecular weight is 242 g/mol. The molecule has 0 atom stereocenters. The maximum atomic E-state index is 12.3. The molecule has 1 N–H and O–H groups in total. The molecule has 0 bridgehead atoms. The van der Waals surface area contributed by atoms with Crippen LogP contribution in [0.25, 0.3) is 0 Å². The van der Waals surface area contributed by atoms with Gasteiger partial charge in [-0.05, 0) is 31.2 Å². The fourth-order valence-electron chi connectivity index (χ4n) is 1.26. The first-order valence-corrected chi connectivity index (χ1v) is 4.82. The molecule has 17 heavy (non-hydrogen) atoms. The summed E-state index contributed by atoms with van der Waals surface area (Å²) >= 11 is 0. The number of alkyl halides is 3. The highest BCUT2D eigenvalue weighted by atomic mass is 19.4. The monoisotopic (exact) mass is 242 g/mol. The molecule has 1 heterocycles. The van der Waals surface area contributed by atoms with Crippen molar-refractivity contribution in [2.75, 3.05) is 0 Å². The Balaban J connectivity index is 2.13. The lowest BCUT2D eigenvalue weighted by Crippen LogP contribution is -2.04. The van der Waals surface area contributed by atoms with Crippen LogP contribution in [0.3, 0.4) is 0 Å². The Morgan fingerprint density at radius 3 is 2.29 bits per heavy atom. The van der Waals surface area contributed by atoms with Crippen LogP contribution in [0.5, 0.6) is 11.8 Å². The normalized spacial score (nSPS) is 11.5. The predicted molar refractivity (Wildman–Crippen MR) is 54.8 cm³/mol. The van der Waals surface area contributed by atoms with Crippen LogP contribution in [-0.4, -0.2) is 9.97 Å². The first-order chi connectivity index (χ1) is 7.95. The van der Waals surface area contributed by atoms with E-state index < -0.39 is 11.7 Å². The van der Waals surface area contributed by atoms with Crippen molar-refractivity contribution < 1.29 is 17.9 Å². The molecule has 0 aliphatic rings. The molecule has 90 valence electrons. The van der Waals surface area contributed by atoms with E-state index in [9.17, 15) is 13.2 Å². The molecule has 0 aliphatic carbocycles. The Morgan fingerprint density at radius 2 is 1.82 bits per heavy atom. The van der Waals surface area contributed by atoms with Crippen molar-refractivity contribution >= 4 is 0 Å². The summed E-state index contributed by atoms with van der Waals surface area (Å²) in [4.78, 5) is 6.70. The number of ether oxygens (including phenoxy) is 1. The van der Waals surface area contributed by atoms with Gasteiger partial charge in [0.25, 0.3) is 6.01 Å². The van der Waals surface area contributed by atoms with E-state index in [1.807, 2.05) is 0 Å². The second-order valence-corrected chi connectivity index (χ2v) is 3.50. The maximum Gasteiger partial charge on any atom is 0.416 e. The van der Waals surface area contributed by atoms with E-state index in [-0.39, 0.29) is 6.01 Å². The topological polar surface area (TPSA) is 37.9 Å². The number of imidazole rings is 1. The summed E-state index contributed by atoms with van der Waals surface area (Å²) in [5.41, 5.74) is 0.104. The number of rotatable bonds is 2. The molecule has 0 amide bonds. The number of aromatic amines is 1. The summed E-state index contributed by atoms with van der Waals surface area (Å²) in [6.45, 7) is 1.80. The minimum absolute atomic E-state index is 0.252.